The zero-order chi connectivity index (χ0) is 23.7. The molecule has 10 heteroatoms. The van der Waals surface area contributed by atoms with Crippen LogP contribution < -0.4 is 5.32 Å². The summed E-state index contributed by atoms with van der Waals surface area (Å²) in [5, 5.41) is 12.9. The van der Waals surface area contributed by atoms with Gasteiger partial charge in [0.2, 0.25) is 0 Å². The second-order valence-corrected chi connectivity index (χ2v) is 7.72. The summed E-state index contributed by atoms with van der Waals surface area (Å²) in [5.74, 6) is -0.941. The van der Waals surface area contributed by atoms with Crippen molar-refractivity contribution in [3.05, 3.63) is 64.7 Å². The molecule has 4 nitrogen and oxygen atoms in total. The van der Waals surface area contributed by atoms with Crippen molar-refractivity contribution < 1.29 is 31.1 Å². The van der Waals surface area contributed by atoms with E-state index in [4.69, 9.17) is 0 Å². The van der Waals surface area contributed by atoms with Crippen LogP contribution in [-0.2, 0) is 12.4 Å². The second kappa shape index (κ2) is 8.37. The number of nitriles is 1. The van der Waals surface area contributed by atoms with E-state index in [0.29, 0.717) is 12.1 Å². The van der Waals surface area contributed by atoms with Gasteiger partial charge in [0, 0.05) is 37.2 Å². The number of aryl methyl sites for hydroxylation is 1. The summed E-state index contributed by atoms with van der Waals surface area (Å²) in [4.78, 5) is 13.9. The Bertz CT molecular complexity index is 1010. The average Bonchev–Trinajstić information content (AvgIpc) is 2.74. The van der Waals surface area contributed by atoms with Gasteiger partial charge < -0.3 is 10.2 Å². The van der Waals surface area contributed by atoms with Gasteiger partial charge in [0.1, 0.15) is 5.54 Å². The lowest BCUT2D eigenvalue weighted by Gasteiger charge is -2.38. The number of alkyl halides is 6. The van der Waals surface area contributed by atoms with E-state index >= 15 is 0 Å². The Morgan fingerprint density at radius 2 is 1.53 bits per heavy atom. The van der Waals surface area contributed by atoms with Crippen LogP contribution in [-0.4, -0.2) is 29.4 Å². The van der Waals surface area contributed by atoms with Crippen LogP contribution in [0.2, 0.25) is 0 Å². The van der Waals surface area contributed by atoms with Gasteiger partial charge in [-0.3, -0.25) is 4.79 Å². The smallest absolute Gasteiger partial charge is 0.367 e. The van der Waals surface area contributed by atoms with E-state index in [1.54, 1.807) is 12.1 Å². The predicted molar refractivity (Wildman–Crippen MR) is 105 cm³/mol. The quantitative estimate of drug-likeness (QED) is 0.610. The van der Waals surface area contributed by atoms with Crippen molar-refractivity contribution in [1.29, 1.82) is 5.26 Å². The number of piperidine rings is 1. The molecular weight excluding hydrogens is 436 g/mol. The summed E-state index contributed by atoms with van der Waals surface area (Å²) in [5.41, 5.74) is -3.14. The molecular formula is C22H19F6N3O. The van der Waals surface area contributed by atoms with Gasteiger partial charge in [-0.1, -0.05) is 18.2 Å². The maximum atomic E-state index is 13.1. The number of hydrogen-bond donors (Lipinski definition) is 1. The first-order valence-electron chi connectivity index (χ1n) is 9.68. The molecule has 0 bridgehead atoms. The second-order valence-electron chi connectivity index (χ2n) is 7.72. The molecule has 0 unspecified atom stereocenters. The minimum atomic E-state index is -5.04. The number of carbonyl (C=O) groups is 1. The van der Waals surface area contributed by atoms with Crippen LogP contribution in [0.5, 0.6) is 0 Å². The standard InChI is InChI=1S/C22H19F6N3O/c1-14-4-2-3-5-18(14)30-20(13-29)6-8-31(9-7-20)19(32)15-10-16(21(23,24)25)12-17(11-15)22(26,27)28/h2-5,10-12,30H,6-9H2,1H3. The third kappa shape index (κ3) is 4.98. The molecule has 1 heterocycles. The van der Waals surface area contributed by atoms with Crippen LogP contribution in [0.15, 0.2) is 42.5 Å². The number of anilines is 1. The number of rotatable bonds is 3. The monoisotopic (exact) mass is 455 g/mol. The van der Waals surface area contributed by atoms with Crippen molar-refractivity contribution in [2.75, 3.05) is 18.4 Å². The number of nitrogens with zero attached hydrogens (tertiary/aromatic N) is 2. The van der Waals surface area contributed by atoms with Gasteiger partial charge in [0.15, 0.2) is 0 Å². The van der Waals surface area contributed by atoms with Crippen LogP contribution in [0.25, 0.3) is 0 Å². The summed E-state index contributed by atoms with van der Waals surface area (Å²) in [6.45, 7) is 1.86. The topological polar surface area (TPSA) is 56.1 Å². The molecule has 1 fully saturated rings. The summed E-state index contributed by atoms with van der Waals surface area (Å²) in [6, 6.07) is 10.3. The van der Waals surface area contributed by atoms with E-state index in [2.05, 4.69) is 11.4 Å². The van der Waals surface area contributed by atoms with Gasteiger partial charge in [-0.25, -0.2) is 0 Å². The van der Waals surface area contributed by atoms with Crippen molar-refractivity contribution in [2.24, 2.45) is 0 Å². The van der Waals surface area contributed by atoms with Crippen molar-refractivity contribution in [3.63, 3.8) is 0 Å². The lowest BCUT2D eigenvalue weighted by atomic mass is 9.88. The van der Waals surface area contributed by atoms with E-state index in [9.17, 15) is 36.4 Å². The molecule has 0 saturated carbocycles. The molecule has 32 heavy (non-hydrogen) atoms. The number of halogens is 6. The van der Waals surface area contributed by atoms with Gasteiger partial charge in [-0.05, 0) is 36.8 Å². The number of para-hydroxylation sites is 1. The molecule has 0 aromatic heterocycles. The molecule has 2 aromatic carbocycles. The van der Waals surface area contributed by atoms with Gasteiger partial charge >= 0.3 is 12.4 Å². The Balaban J connectivity index is 1.82. The number of hydrogen-bond acceptors (Lipinski definition) is 3. The molecule has 1 aliphatic heterocycles. The fourth-order valence-corrected chi connectivity index (χ4v) is 3.59. The van der Waals surface area contributed by atoms with Crippen LogP contribution in [0.3, 0.4) is 0 Å². The highest BCUT2D eigenvalue weighted by Gasteiger charge is 2.40. The van der Waals surface area contributed by atoms with E-state index in [0.717, 1.165) is 11.3 Å². The number of amides is 1. The third-order valence-electron chi connectivity index (χ3n) is 5.47. The largest absolute Gasteiger partial charge is 0.416 e. The molecule has 170 valence electrons. The van der Waals surface area contributed by atoms with Gasteiger partial charge in [-0.15, -0.1) is 0 Å². The van der Waals surface area contributed by atoms with Gasteiger partial charge in [-0.2, -0.15) is 31.6 Å². The van der Waals surface area contributed by atoms with E-state index in [-0.39, 0.29) is 32.0 Å². The van der Waals surface area contributed by atoms with Crippen LogP contribution >= 0.6 is 0 Å². The van der Waals surface area contributed by atoms with Crippen LogP contribution in [0.4, 0.5) is 32.0 Å². The summed E-state index contributed by atoms with van der Waals surface area (Å²) in [6.07, 6.45) is -9.75. The first-order valence-corrected chi connectivity index (χ1v) is 9.68. The summed E-state index contributed by atoms with van der Waals surface area (Å²) in [7, 11) is 0. The normalized spacial score (nSPS) is 16.4. The Labute approximate surface area is 180 Å². The number of nitrogens with one attached hydrogen (secondary N) is 1. The van der Waals surface area contributed by atoms with Crippen molar-refractivity contribution in [1.82, 2.24) is 4.90 Å². The Morgan fingerprint density at radius 3 is 2.00 bits per heavy atom. The zero-order valence-corrected chi connectivity index (χ0v) is 16.9. The first kappa shape index (κ1) is 23.4. The molecule has 3 rings (SSSR count). The fraction of sp³-hybridized carbons (Fsp3) is 0.364. The minimum Gasteiger partial charge on any atom is -0.367 e. The highest BCUT2D eigenvalue weighted by molar-refractivity contribution is 5.94. The molecule has 1 saturated heterocycles. The Kier molecular flexibility index (Phi) is 6.13. The molecule has 0 atom stereocenters. The van der Waals surface area contributed by atoms with Gasteiger partial charge in [0.05, 0.1) is 17.2 Å². The highest BCUT2D eigenvalue weighted by atomic mass is 19.4. The predicted octanol–water partition coefficient (Wildman–Crippen LogP) is 5.64. The maximum absolute atomic E-state index is 13.1. The van der Waals surface area contributed by atoms with Crippen molar-refractivity contribution in [3.8, 4) is 6.07 Å². The number of likely N-dealkylation sites (tertiary alicyclic amines) is 1. The van der Waals surface area contributed by atoms with E-state index in [1.807, 2.05) is 19.1 Å². The lowest BCUT2D eigenvalue weighted by Crippen LogP contribution is -2.50. The lowest BCUT2D eigenvalue weighted by molar-refractivity contribution is -0.143. The van der Waals surface area contributed by atoms with Crippen LogP contribution in [0, 0.1) is 18.3 Å². The molecule has 1 N–H and O–H groups in total. The number of carbonyl (C=O) groups excluding carboxylic acids is 1. The highest BCUT2D eigenvalue weighted by Crippen LogP contribution is 2.37. The van der Waals surface area contributed by atoms with Crippen LogP contribution in [0.1, 0.15) is 39.9 Å². The SMILES string of the molecule is Cc1ccccc1NC1(C#N)CCN(C(=O)c2cc(C(F)(F)F)cc(C(F)(F)F)c2)CC1. The average molecular weight is 455 g/mol. The first-order chi connectivity index (χ1) is 14.8. The molecule has 0 aliphatic carbocycles. The molecule has 1 amide bonds. The Morgan fingerprint density at radius 1 is 1.00 bits per heavy atom. The van der Waals surface area contributed by atoms with Gasteiger partial charge in [0.25, 0.3) is 5.91 Å². The van der Waals surface area contributed by atoms with Crippen molar-refractivity contribution >= 4 is 11.6 Å². The fourth-order valence-electron chi connectivity index (χ4n) is 3.59. The summed E-state index contributed by atoms with van der Waals surface area (Å²) >= 11 is 0. The van der Waals surface area contributed by atoms with E-state index in [1.165, 1.54) is 4.90 Å². The minimum absolute atomic E-state index is 0.00285. The van der Waals surface area contributed by atoms with E-state index < -0.39 is 40.5 Å². The Hall–Kier alpha value is -3.22. The molecule has 2 aromatic rings. The van der Waals surface area contributed by atoms with Crippen molar-refractivity contribution in [2.45, 2.75) is 37.7 Å². The molecule has 1 aliphatic rings. The zero-order valence-electron chi connectivity index (χ0n) is 16.9. The molecule has 0 radical (unpaired) electrons. The third-order valence-corrected chi connectivity index (χ3v) is 5.47. The summed E-state index contributed by atoms with van der Waals surface area (Å²) < 4.78 is 78.6. The number of benzene rings is 2. The maximum Gasteiger partial charge on any atom is 0.416 e. The molecule has 0 spiro atoms.